The highest BCUT2D eigenvalue weighted by molar-refractivity contribution is 14.0. The number of guanidine groups is 1. The monoisotopic (exact) mass is 526 g/mol. The molecule has 0 spiro atoms. The maximum atomic E-state index is 12.5. The fourth-order valence-corrected chi connectivity index (χ4v) is 4.85. The topological polar surface area (TPSA) is 73.8 Å². The van der Waals surface area contributed by atoms with Gasteiger partial charge in [-0.1, -0.05) is 12.1 Å². The molecule has 1 aliphatic heterocycles. The predicted molar refractivity (Wildman–Crippen MR) is 126 cm³/mol. The molecule has 0 saturated carbocycles. The van der Waals surface area contributed by atoms with E-state index in [0.29, 0.717) is 24.5 Å². The highest BCUT2D eigenvalue weighted by Crippen LogP contribution is 2.21. The minimum atomic E-state index is -3.34. The van der Waals surface area contributed by atoms with E-state index in [1.54, 1.807) is 23.5 Å². The average molecular weight is 527 g/mol. The molecule has 1 heterocycles. The van der Waals surface area contributed by atoms with Crippen molar-refractivity contribution in [1.82, 2.24) is 14.9 Å². The summed E-state index contributed by atoms with van der Waals surface area (Å²) in [6, 6.07) is 7.12. The Bertz CT molecular complexity index is 675. The highest BCUT2D eigenvalue weighted by atomic mass is 127. The van der Waals surface area contributed by atoms with Gasteiger partial charge in [-0.05, 0) is 55.4 Å². The third-order valence-corrected chi connectivity index (χ3v) is 6.99. The lowest BCUT2D eigenvalue weighted by molar-refractivity contribution is 0.477. The number of nitrogens with one attached hydrogen (secondary N) is 2. The molecule has 0 aromatic heterocycles. The number of hydrogen-bond acceptors (Lipinski definition) is 4. The van der Waals surface area contributed by atoms with Crippen molar-refractivity contribution in [1.29, 1.82) is 0 Å². The molecule has 6 nitrogen and oxygen atoms in total. The molecule has 1 aromatic rings. The van der Waals surface area contributed by atoms with Gasteiger partial charge in [0, 0.05) is 33.2 Å². The molecule has 0 bridgehead atoms. The van der Waals surface area contributed by atoms with Gasteiger partial charge in [0.05, 0.1) is 4.90 Å². The fourth-order valence-electron chi connectivity index (χ4n) is 2.84. The molecule has 2 N–H and O–H groups in total. The SMILES string of the molecule is CN=C(NCCCCSC)NCc1ccc(S(=O)(=O)N2CCCC2)cc1.I. The zero-order chi connectivity index (χ0) is 18.8. The molecule has 1 saturated heterocycles. The Hall–Kier alpha value is -0.520. The van der Waals surface area contributed by atoms with E-state index >= 15 is 0 Å². The van der Waals surface area contributed by atoms with Gasteiger partial charge in [-0.25, -0.2) is 8.42 Å². The Morgan fingerprint density at radius 3 is 2.41 bits per heavy atom. The van der Waals surface area contributed by atoms with Crippen LogP contribution in [-0.4, -0.2) is 57.4 Å². The van der Waals surface area contributed by atoms with Gasteiger partial charge in [-0.3, -0.25) is 4.99 Å². The average Bonchev–Trinajstić information content (AvgIpc) is 3.20. The van der Waals surface area contributed by atoms with Crippen molar-refractivity contribution >= 4 is 51.7 Å². The summed E-state index contributed by atoms with van der Waals surface area (Å²) in [4.78, 5) is 4.59. The van der Waals surface area contributed by atoms with Crippen molar-refractivity contribution < 1.29 is 8.42 Å². The Morgan fingerprint density at radius 2 is 1.81 bits per heavy atom. The van der Waals surface area contributed by atoms with Gasteiger partial charge < -0.3 is 10.6 Å². The van der Waals surface area contributed by atoms with Crippen LogP contribution in [0.1, 0.15) is 31.2 Å². The van der Waals surface area contributed by atoms with Crippen LogP contribution < -0.4 is 10.6 Å². The molecule has 0 amide bonds. The first-order valence-electron chi connectivity index (χ1n) is 9.10. The molecule has 154 valence electrons. The van der Waals surface area contributed by atoms with E-state index in [4.69, 9.17) is 0 Å². The molecule has 1 aromatic carbocycles. The van der Waals surface area contributed by atoms with E-state index in [-0.39, 0.29) is 24.0 Å². The van der Waals surface area contributed by atoms with Crippen molar-refractivity contribution in [3.63, 3.8) is 0 Å². The molecular weight excluding hydrogens is 495 g/mol. The van der Waals surface area contributed by atoms with Crippen molar-refractivity contribution in [2.75, 3.05) is 38.7 Å². The van der Waals surface area contributed by atoms with Crippen LogP contribution in [0, 0.1) is 0 Å². The predicted octanol–water partition coefficient (Wildman–Crippen LogP) is 2.90. The normalized spacial score (nSPS) is 15.4. The standard InChI is InChI=1S/C18H30N4O2S2.HI/c1-19-18(20-11-3-6-14-25-2)21-15-16-7-9-17(10-8-16)26(23,24)22-12-4-5-13-22;/h7-10H,3-6,11-15H2,1-2H3,(H2,19,20,21);1H. The smallest absolute Gasteiger partial charge is 0.243 e. The van der Waals surface area contributed by atoms with Gasteiger partial charge in [-0.2, -0.15) is 16.1 Å². The van der Waals surface area contributed by atoms with Crippen LogP contribution in [-0.2, 0) is 16.6 Å². The van der Waals surface area contributed by atoms with E-state index in [9.17, 15) is 8.42 Å². The maximum Gasteiger partial charge on any atom is 0.243 e. The van der Waals surface area contributed by atoms with Gasteiger partial charge in [-0.15, -0.1) is 24.0 Å². The van der Waals surface area contributed by atoms with Crippen LogP contribution in [0.15, 0.2) is 34.2 Å². The third kappa shape index (κ3) is 7.78. The van der Waals surface area contributed by atoms with E-state index in [0.717, 1.165) is 37.3 Å². The number of hydrogen-bond donors (Lipinski definition) is 2. The molecule has 0 unspecified atom stereocenters. The highest BCUT2D eigenvalue weighted by Gasteiger charge is 2.26. The van der Waals surface area contributed by atoms with E-state index in [2.05, 4.69) is 21.9 Å². The van der Waals surface area contributed by atoms with Crippen molar-refractivity contribution in [3.05, 3.63) is 29.8 Å². The Morgan fingerprint density at radius 1 is 1.15 bits per heavy atom. The number of nitrogens with zero attached hydrogens (tertiary/aromatic N) is 2. The summed E-state index contributed by atoms with van der Waals surface area (Å²) in [5.41, 5.74) is 1.02. The van der Waals surface area contributed by atoms with Gasteiger partial charge in [0.1, 0.15) is 0 Å². The second kappa shape index (κ2) is 12.8. The molecule has 2 rings (SSSR count). The van der Waals surface area contributed by atoms with Crippen LogP contribution >= 0.6 is 35.7 Å². The van der Waals surface area contributed by atoms with Crippen molar-refractivity contribution in [2.45, 2.75) is 37.1 Å². The lowest BCUT2D eigenvalue weighted by Gasteiger charge is -2.16. The summed E-state index contributed by atoms with van der Waals surface area (Å²) in [6.45, 7) is 2.76. The van der Waals surface area contributed by atoms with Crippen molar-refractivity contribution in [3.8, 4) is 0 Å². The largest absolute Gasteiger partial charge is 0.356 e. The number of unbranched alkanes of at least 4 members (excludes halogenated alkanes) is 1. The number of thioether (sulfide) groups is 1. The first-order chi connectivity index (χ1) is 12.6. The molecule has 0 aliphatic carbocycles. The molecule has 27 heavy (non-hydrogen) atoms. The van der Waals surface area contributed by atoms with Gasteiger partial charge in [0.25, 0.3) is 0 Å². The van der Waals surface area contributed by atoms with E-state index < -0.39 is 10.0 Å². The van der Waals surface area contributed by atoms with Crippen LogP contribution in [0.4, 0.5) is 0 Å². The zero-order valence-corrected chi connectivity index (χ0v) is 20.1. The second-order valence-electron chi connectivity index (χ2n) is 6.31. The lowest BCUT2D eigenvalue weighted by Crippen LogP contribution is -2.37. The van der Waals surface area contributed by atoms with Crippen LogP contribution in [0.2, 0.25) is 0 Å². The Labute approximate surface area is 185 Å². The van der Waals surface area contributed by atoms with Gasteiger partial charge in [0.15, 0.2) is 5.96 Å². The van der Waals surface area contributed by atoms with Gasteiger partial charge >= 0.3 is 0 Å². The zero-order valence-electron chi connectivity index (χ0n) is 16.1. The maximum absolute atomic E-state index is 12.5. The fraction of sp³-hybridized carbons (Fsp3) is 0.611. The summed E-state index contributed by atoms with van der Waals surface area (Å²) in [5, 5.41) is 6.56. The number of sulfonamides is 1. The summed E-state index contributed by atoms with van der Waals surface area (Å²) in [6.07, 6.45) is 6.33. The van der Waals surface area contributed by atoms with Crippen LogP contribution in [0.5, 0.6) is 0 Å². The minimum Gasteiger partial charge on any atom is -0.356 e. The first kappa shape index (κ1) is 24.5. The third-order valence-electron chi connectivity index (χ3n) is 4.38. The van der Waals surface area contributed by atoms with E-state index in [1.165, 1.54) is 12.2 Å². The van der Waals surface area contributed by atoms with Crippen molar-refractivity contribution in [2.24, 2.45) is 4.99 Å². The van der Waals surface area contributed by atoms with Gasteiger partial charge in [0.2, 0.25) is 10.0 Å². The summed E-state index contributed by atoms with van der Waals surface area (Å²) >= 11 is 1.87. The number of benzene rings is 1. The molecule has 1 aliphatic rings. The summed E-state index contributed by atoms with van der Waals surface area (Å²) in [5.74, 6) is 1.95. The summed E-state index contributed by atoms with van der Waals surface area (Å²) < 4.78 is 26.6. The molecule has 9 heteroatoms. The number of halogens is 1. The Kier molecular flexibility index (Phi) is 11.7. The van der Waals surface area contributed by atoms with E-state index in [1.807, 2.05) is 23.9 Å². The second-order valence-corrected chi connectivity index (χ2v) is 9.23. The molecule has 0 atom stereocenters. The lowest BCUT2D eigenvalue weighted by atomic mass is 10.2. The van der Waals surface area contributed by atoms with Crippen LogP contribution in [0.25, 0.3) is 0 Å². The minimum absolute atomic E-state index is 0. The number of aliphatic imine (C=N–C) groups is 1. The summed E-state index contributed by atoms with van der Waals surface area (Å²) in [7, 11) is -1.58. The first-order valence-corrected chi connectivity index (χ1v) is 11.9. The Balaban J connectivity index is 0.00000364. The molecule has 0 radical (unpaired) electrons. The quantitative estimate of drug-likeness (QED) is 0.224. The van der Waals surface area contributed by atoms with Crippen LogP contribution in [0.3, 0.4) is 0 Å². The number of rotatable bonds is 9. The molecule has 1 fully saturated rings. The molecular formula is C18H31IN4O2S2.